The highest BCUT2D eigenvalue weighted by Gasteiger charge is 2.31. The molecule has 1 aliphatic rings. The largest absolute Gasteiger partial charge is 0.330 e. The fourth-order valence-corrected chi connectivity index (χ4v) is 3.09. The summed E-state index contributed by atoms with van der Waals surface area (Å²) >= 11 is 0. The van der Waals surface area contributed by atoms with E-state index in [9.17, 15) is 0 Å². The molecule has 0 aliphatic heterocycles. The number of hydrogen-bond donors (Lipinski definition) is 1. The van der Waals surface area contributed by atoms with Gasteiger partial charge in [0, 0.05) is 0 Å². The highest BCUT2D eigenvalue weighted by Crippen LogP contribution is 2.42. The summed E-state index contributed by atoms with van der Waals surface area (Å²) < 4.78 is 0. The number of fused-ring (bicyclic) bond motifs is 1. The fourth-order valence-electron chi connectivity index (χ4n) is 3.09. The van der Waals surface area contributed by atoms with Crippen molar-refractivity contribution in [3.05, 3.63) is 34.9 Å². The van der Waals surface area contributed by atoms with Crippen LogP contribution in [0.1, 0.15) is 62.6 Å². The minimum atomic E-state index is 0.399. The van der Waals surface area contributed by atoms with Crippen molar-refractivity contribution in [3.8, 4) is 0 Å². The van der Waals surface area contributed by atoms with Gasteiger partial charge in [0.1, 0.15) is 0 Å². The second-order valence-electron chi connectivity index (χ2n) is 6.59. The first-order chi connectivity index (χ1) is 7.93. The third-order valence-corrected chi connectivity index (χ3v) is 4.03. The van der Waals surface area contributed by atoms with Crippen molar-refractivity contribution in [2.24, 2.45) is 11.1 Å². The molecule has 0 saturated heterocycles. The lowest BCUT2D eigenvalue weighted by Crippen LogP contribution is -2.29. The van der Waals surface area contributed by atoms with Gasteiger partial charge in [-0.25, -0.2) is 0 Å². The van der Waals surface area contributed by atoms with E-state index in [1.165, 1.54) is 29.5 Å². The first-order valence-corrected chi connectivity index (χ1v) is 6.76. The van der Waals surface area contributed by atoms with Gasteiger partial charge in [0.15, 0.2) is 0 Å². The van der Waals surface area contributed by atoms with Gasteiger partial charge >= 0.3 is 0 Å². The average molecular weight is 231 g/mol. The van der Waals surface area contributed by atoms with Crippen LogP contribution in [-0.2, 0) is 6.42 Å². The molecule has 0 fully saturated rings. The molecule has 2 N–H and O–H groups in total. The maximum atomic E-state index is 5.97. The molecule has 1 aromatic rings. The molecule has 1 unspecified atom stereocenters. The summed E-state index contributed by atoms with van der Waals surface area (Å²) in [5.74, 6) is 1.15. The fraction of sp³-hybridized carbons (Fsp3) is 0.625. The van der Waals surface area contributed by atoms with Gasteiger partial charge in [-0.15, -0.1) is 0 Å². The van der Waals surface area contributed by atoms with E-state index >= 15 is 0 Å². The SMILES string of the molecule is CC(C)c1ccc2c(c1)C(CN)CC(C)(C)C2. The van der Waals surface area contributed by atoms with E-state index in [0.717, 1.165) is 6.54 Å². The molecule has 1 heteroatoms. The van der Waals surface area contributed by atoms with E-state index in [0.29, 0.717) is 17.3 Å². The standard InChI is InChI=1S/C16H25N/c1-11(2)12-5-6-13-8-16(3,4)9-14(10-17)15(13)7-12/h5-7,11,14H,8-10,17H2,1-4H3. The molecule has 0 amide bonds. The Labute approximate surface area is 105 Å². The smallest absolute Gasteiger partial charge is 0.000793 e. The van der Waals surface area contributed by atoms with E-state index < -0.39 is 0 Å². The lowest BCUT2D eigenvalue weighted by molar-refractivity contribution is 0.282. The topological polar surface area (TPSA) is 26.0 Å². The molecule has 0 saturated carbocycles. The third kappa shape index (κ3) is 2.55. The van der Waals surface area contributed by atoms with Crippen LogP contribution in [0.4, 0.5) is 0 Å². The van der Waals surface area contributed by atoms with Crippen molar-refractivity contribution >= 4 is 0 Å². The van der Waals surface area contributed by atoms with Gasteiger partial charge in [0.2, 0.25) is 0 Å². The van der Waals surface area contributed by atoms with Crippen LogP contribution in [0.3, 0.4) is 0 Å². The van der Waals surface area contributed by atoms with Crippen LogP contribution in [0, 0.1) is 5.41 Å². The summed E-state index contributed by atoms with van der Waals surface area (Å²) in [4.78, 5) is 0. The van der Waals surface area contributed by atoms with Gasteiger partial charge in [-0.2, -0.15) is 0 Å². The molecule has 0 aromatic heterocycles. The Hall–Kier alpha value is -0.820. The summed E-state index contributed by atoms with van der Waals surface area (Å²) in [5.41, 5.74) is 10.8. The lowest BCUT2D eigenvalue weighted by Gasteiger charge is -2.37. The molecule has 1 aliphatic carbocycles. The van der Waals surface area contributed by atoms with Crippen molar-refractivity contribution in [3.63, 3.8) is 0 Å². The van der Waals surface area contributed by atoms with Crippen molar-refractivity contribution in [1.82, 2.24) is 0 Å². The van der Waals surface area contributed by atoms with E-state index in [1.807, 2.05) is 0 Å². The molecule has 1 atom stereocenters. The minimum Gasteiger partial charge on any atom is -0.330 e. The van der Waals surface area contributed by atoms with E-state index in [-0.39, 0.29) is 0 Å². The van der Waals surface area contributed by atoms with Crippen LogP contribution in [0.5, 0.6) is 0 Å². The number of hydrogen-bond acceptors (Lipinski definition) is 1. The van der Waals surface area contributed by atoms with Crippen LogP contribution in [-0.4, -0.2) is 6.54 Å². The lowest BCUT2D eigenvalue weighted by atomic mass is 9.68. The number of rotatable bonds is 2. The second-order valence-corrected chi connectivity index (χ2v) is 6.59. The highest BCUT2D eigenvalue weighted by atomic mass is 14.6. The third-order valence-electron chi connectivity index (χ3n) is 4.03. The summed E-state index contributed by atoms with van der Waals surface area (Å²) in [5, 5.41) is 0. The van der Waals surface area contributed by atoms with Crippen molar-refractivity contribution in [1.29, 1.82) is 0 Å². The Kier molecular flexibility index (Phi) is 3.31. The molecule has 0 bridgehead atoms. The Balaban J connectivity index is 2.43. The van der Waals surface area contributed by atoms with Gasteiger partial charge in [-0.05, 0) is 53.3 Å². The predicted molar refractivity (Wildman–Crippen MR) is 74.4 cm³/mol. The normalized spacial score (nSPS) is 22.6. The second kappa shape index (κ2) is 4.45. The van der Waals surface area contributed by atoms with Crippen LogP contribution in [0.15, 0.2) is 18.2 Å². The monoisotopic (exact) mass is 231 g/mol. The zero-order chi connectivity index (χ0) is 12.6. The van der Waals surface area contributed by atoms with Crippen molar-refractivity contribution < 1.29 is 0 Å². The van der Waals surface area contributed by atoms with E-state index in [2.05, 4.69) is 45.9 Å². The molecular weight excluding hydrogens is 206 g/mol. The maximum absolute atomic E-state index is 5.97. The quantitative estimate of drug-likeness (QED) is 0.822. The van der Waals surface area contributed by atoms with Crippen LogP contribution < -0.4 is 5.73 Å². The molecule has 0 heterocycles. The molecule has 94 valence electrons. The van der Waals surface area contributed by atoms with Gasteiger partial charge in [-0.1, -0.05) is 45.9 Å². The Morgan fingerprint density at radius 3 is 2.65 bits per heavy atom. The summed E-state index contributed by atoms with van der Waals surface area (Å²) in [7, 11) is 0. The summed E-state index contributed by atoms with van der Waals surface area (Å²) in [6.07, 6.45) is 2.41. The van der Waals surface area contributed by atoms with Crippen molar-refractivity contribution in [2.45, 2.75) is 52.4 Å². The summed E-state index contributed by atoms with van der Waals surface area (Å²) in [6.45, 7) is 10.00. The number of nitrogens with two attached hydrogens (primary N) is 1. The molecule has 0 spiro atoms. The van der Waals surface area contributed by atoms with E-state index in [4.69, 9.17) is 5.73 Å². The number of benzene rings is 1. The molecule has 0 radical (unpaired) electrons. The van der Waals surface area contributed by atoms with E-state index in [1.54, 1.807) is 0 Å². The average Bonchev–Trinajstić information content (AvgIpc) is 2.26. The van der Waals surface area contributed by atoms with Gasteiger partial charge in [0.05, 0.1) is 0 Å². The minimum absolute atomic E-state index is 0.399. The van der Waals surface area contributed by atoms with Gasteiger partial charge in [-0.3, -0.25) is 0 Å². The van der Waals surface area contributed by atoms with Crippen LogP contribution in [0.25, 0.3) is 0 Å². The molecular formula is C16H25N. The Morgan fingerprint density at radius 1 is 1.35 bits per heavy atom. The zero-order valence-corrected chi connectivity index (χ0v) is 11.6. The first-order valence-electron chi connectivity index (χ1n) is 6.76. The molecule has 17 heavy (non-hydrogen) atoms. The van der Waals surface area contributed by atoms with Gasteiger partial charge in [0.25, 0.3) is 0 Å². The first kappa shape index (κ1) is 12.6. The van der Waals surface area contributed by atoms with Crippen LogP contribution in [0.2, 0.25) is 0 Å². The summed E-state index contributed by atoms with van der Waals surface area (Å²) in [6, 6.07) is 7.01. The Morgan fingerprint density at radius 2 is 2.06 bits per heavy atom. The maximum Gasteiger partial charge on any atom is -0.000793 e. The highest BCUT2D eigenvalue weighted by molar-refractivity contribution is 5.39. The molecule has 1 aromatic carbocycles. The van der Waals surface area contributed by atoms with Crippen LogP contribution >= 0.6 is 0 Å². The van der Waals surface area contributed by atoms with Crippen molar-refractivity contribution in [2.75, 3.05) is 6.54 Å². The molecule has 2 rings (SSSR count). The molecule has 1 nitrogen and oxygen atoms in total. The Bertz CT molecular complexity index is 404. The van der Waals surface area contributed by atoms with Gasteiger partial charge < -0.3 is 5.73 Å². The predicted octanol–water partition coefficient (Wildman–Crippen LogP) is 3.82. The zero-order valence-electron chi connectivity index (χ0n) is 11.6.